The summed E-state index contributed by atoms with van der Waals surface area (Å²) in [5.41, 5.74) is 5.94. The zero-order valence-corrected chi connectivity index (χ0v) is 10.2. The van der Waals surface area contributed by atoms with Gasteiger partial charge in [-0.3, -0.25) is 0 Å². The van der Waals surface area contributed by atoms with Crippen molar-refractivity contribution in [3.63, 3.8) is 0 Å². The summed E-state index contributed by atoms with van der Waals surface area (Å²) in [4.78, 5) is 4.41. The first kappa shape index (κ1) is 11.6. The third-order valence-corrected chi connectivity index (χ3v) is 3.55. The van der Waals surface area contributed by atoms with E-state index < -0.39 is 0 Å². The Morgan fingerprint density at radius 3 is 2.69 bits per heavy atom. The lowest BCUT2D eigenvalue weighted by Crippen LogP contribution is -2.20. The average Bonchev–Trinajstić information content (AvgIpc) is 2.67. The summed E-state index contributed by atoms with van der Waals surface area (Å²) in [6, 6.07) is 0. The smallest absolute Gasteiger partial charge is 0.227 e. The predicted molar refractivity (Wildman–Crippen MR) is 62.0 cm³/mol. The van der Waals surface area contributed by atoms with Gasteiger partial charge in [0.25, 0.3) is 0 Å². The first-order valence-electron chi connectivity index (χ1n) is 6.13. The van der Waals surface area contributed by atoms with Crippen LogP contribution in [0, 0.1) is 5.41 Å². The van der Waals surface area contributed by atoms with Crippen LogP contribution in [0.2, 0.25) is 0 Å². The van der Waals surface area contributed by atoms with Gasteiger partial charge in [0.2, 0.25) is 5.89 Å². The molecule has 4 nitrogen and oxygen atoms in total. The van der Waals surface area contributed by atoms with Gasteiger partial charge in [0.05, 0.1) is 0 Å². The van der Waals surface area contributed by atoms with Crippen molar-refractivity contribution in [2.24, 2.45) is 11.1 Å². The fourth-order valence-electron chi connectivity index (χ4n) is 2.32. The Kier molecular flexibility index (Phi) is 3.28. The van der Waals surface area contributed by atoms with E-state index in [1.165, 1.54) is 25.7 Å². The molecule has 0 amide bonds. The standard InChI is InChI=1S/C12H21N3O/c1-12(2)6-3-9(4-7-12)11-14-10(5-8-13)16-15-11/h9H,3-8,13H2,1-2H3. The van der Waals surface area contributed by atoms with Gasteiger partial charge in [0.1, 0.15) is 0 Å². The maximum absolute atomic E-state index is 5.46. The highest BCUT2D eigenvalue weighted by Crippen LogP contribution is 2.41. The Morgan fingerprint density at radius 2 is 2.06 bits per heavy atom. The van der Waals surface area contributed by atoms with Crippen LogP contribution < -0.4 is 5.73 Å². The molecule has 1 heterocycles. The highest BCUT2D eigenvalue weighted by Gasteiger charge is 2.29. The van der Waals surface area contributed by atoms with E-state index in [4.69, 9.17) is 10.3 Å². The van der Waals surface area contributed by atoms with Crippen molar-refractivity contribution in [2.45, 2.75) is 51.9 Å². The van der Waals surface area contributed by atoms with Crippen LogP contribution in [0.15, 0.2) is 4.52 Å². The highest BCUT2D eigenvalue weighted by atomic mass is 16.5. The lowest BCUT2D eigenvalue weighted by Gasteiger charge is -2.32. The first-order valence-corrected chi connectivity index (χ1v) is 6.13. The van der Waals surface area contributed by atoms with Gasteiger partial charge < -0.3 is 10.3 Å². The van der Waals surface area contributed by atoms with Crippen LogP contribution in [0.25, 0.3) is 0 Å². The van der Waals surface area contributed by atoms with E-state index in [-0.39, 0.29) is 0 Å². The molecule has 2 rings (SSSR count). The molecule has 1 aliphatic carbocycles. The second-order valence-corrected chi connectivity index (χ2v) is 5.52. The van der Waals surface area contributed by atoms with Crippen LogP contribution in [-0.4, -0.2) is 16.7 Å². The van der Waals surface area contributed by atoms with Crippen LogP contribution >= 0.6 is 0 Å². The van der Waals surface area contributed by atoms with Crippen LogP contribution in [0.1, 0.15) is 57.2 Å². The maximum atomic E-state index is 5.46. The lowest BCUT2D eigenvalue weighted by atomic mass is 9.73. The molecule has 0 spiro atoms. The third kappa shape index (κ3) is 2.61. The second kappa shape index (κ2) is 4.53. The first-order chi connectivity index (χ1) is 7.61. The fourth-order valence-corrected chi connectivity index (χ4v) is 2.32. The minimum atomic E-state index is 0.486. The van der Waals surface area contributed by atoms with E-state index in [9.17, 15) is 0 Å². The molecule has 1 fully saturated rings. The summed E-state index contributed by atoms with van der Waals surface area (Å²) in [6.45, 7) is 5.23. The van der Waals surface area contributed by atoms with Gasteiger partial charge in [-0.2, -0.15) is 4.98 Å². The molecular weight excluding hydrogens is 202 g/mol. The fraction of sp³-hybridized carbons (Fsp3) is 0.833. The van der Waals surface area contributed by atoms with E-state index in [0.717, 1.165) is 5.82 Å². The molecule has 0 radical (unpaired) electrons. The molecule has 1 saturated carbocycles. The van der Waals surface area contributed by atoms with E-state index in [1.807, 2.05) is 0 Å². The van der Waals surface area contributed by atoms with Crippen molar-refractivity contribution in [3.05, 3.63) is 11.7 Å². The lowest BCUT2D eigenvalue weighted by molar-refractivity contribution is 0.218. The molecule has 4 heteroatoms. The number of nitrogens with two attached hydrogens (primary N) is 1. The third-order valence-electron chi connectivity index (χ3n) is 3.55. The monoisotopic (exact) mass is 223 g/mol. The minimum absolute atomic E-state index is 0.486. The Labute approximate surface area is 96.6 Å². The number of aromatic nitrogens is 2. The van der Waals surface area contributed by atoms with Gasteiger partial charge in [-0.05, 0) is 31.1 Å². The van der Waals surface area contributed by atoms with Crippen molar-refractivity contribution in [2.75, 3.05) is 6.54 Å². The van der Waals surface area contributed by atoms with Crippen molar-refractivity contribution in [3.8, 4) is 0 Å². The summed E-state index contributed by atoms with van der Waals surface area (Å²) >= 11 is 0. The molecule has 0 atom stereocenters. The molecule has 0 saturated heterocycles. The number of hydrogen-bond donors (Lipinski definition) is 1. The number of hydrogen-bond acceptors (Lipinski definition) is 4. The maximum Gasteiger partial charge on any atom is 0.227 e. The summed E-state index contributed by atoms with van der Waals surface area (Å²) in [5, 5.41) is 4.06. The van der Waals surface area contributed by atoms with Crippen LogP contribution in [0.3, 0.4) is 0 Å². The molecular formula is C12H21N3O. The minimum Gasteiger partial charge on any atom is -0.339 e. The molecule has 1 aliphatic rings. The van der Waals surface area contributed by atoms with E-state index in [2.05, 4.69) is 24.0 Å². The molecule has 1 aromatic rings. The van der Waals surface area contributed by atoms with Gasteiger partial charge in [-0.15, -0.1) is 0 Å². The summed E-state index contributed by atoms with van der Waals surface area (Å²) < 4.78 is 5.17. The summed E-state index contributed by atoms with van der Waals surface area (Å²) in [7, 11) is 0. The van der Waals surface area contributed by atoms with Crippen LogP contribution in [-0.2, 0) is 6.42 Å². The molecule has 0 aromatic carbocycles. The number of nitrogens with zero attached hydrogens (tertiary/aromatic N) is 2. The Hall–Kier alpha value is -0.900. The van der Waals surface area contributed by atoms with Crippen molar-refractivity contribution >= 4 is 0 Å². The van der Waals surface area contributed by atoms with Crippen molar-refractivity contribution < 1.29 is 4.52 Å². The quantitative estimate of drug-likeness (QED) is 0.853. The van der Waals surface area contributed by atoms with Gasteiger partial charge in [-0.1, -0.05) is 19.0 Å². The Bertz CT molecular complexity index is 336. The summed E-state index contributed by atoms with van der Waals surface area (Å²) in [6.07, 6.45) is 5.53. The predicted octanol–water partition coefficient (Wildman–Crippen LogP) is 2.25. The molecule has 0 unspecified atom stereocenters. The number of rotatable bonds is 3. The molecule has 0 aliphatic heterocycles. The van der Waals surface area contributed by atoms with E-state index >= 15 is 0 Å². The van der Waals surface area contributed by atoms with Gasteiger partial charge in [-0.25, -0.2) is 0 Å². The average molecular weight is 223 g/mol. The molecule has 2 N–H and O–H groups in total. The van der Waals surface area contributed by atoms with Gasteiger partial charge in [0, 0.05) is 18.9 Å². The second-order valence-electron chi connectivity index (χ2n) is 5.52. The molecule has 16 heavy (non-hydrogen) atoms. The van der Waals surface area contributed by atoms with E-state index in [0.29, 0.717) is 30.2 Å². The van der Waals surface area contributed by atoms with Gasteiger partial charge in [0.15, 0.2) is 5.82 Å². The Morgan fingerprint density at radius 1 is 1.38 bits per heavy atom. The topological polar surface area (TPSA) is 64.9 Å². The SMILES string of the molecule is CC1(C)CCC(c2noc(CCN)n2)CC1. The molecule has 0 bridgehead atoms. The summed E-state index contributed by atoms with van der Waals surface area (Å²) in [5.74, 6) is 2.06. The molecule has 90 valence electrons. The van der Waals surface area contributed by atoms with Crippen molar-refractivity contribution in [1.29, 1.82) is 0 Å². The molecule has 1 aromatic heterocycles. The zero-order chi connectivity index (χ0) is 11.6. The van der Waals surface area contributed by atoms with Crippen LogP contribution in [0.4, 0.5) is 0 Å². The Balaban J connectivity index is 1.97. The van der Waals surface area contributed by atoms with E-state index in [1.54, 1.807) is 0 Å². The van der Waals surface area contributed by atoms with Gasteiger partial charge >= 0.3 is 0 Å². The zero-order valence-electron chi connectivity index (χ0n) is 10.2. The van der Waals surface area contributed by atoms with Crippen LogP contribution in [0.5, 0.6) is 0 Å². The normalized spacial score (nSPS) is 21.2. The highest BCUT2D eigenvalue weighted by molar-refractivity contribution is 4.99. The largest absolute Gasteiger partial charge is 0.339 e. The van der Waals surface area contributed by atoms with Crippen molar-refractivity contribution in [1.82, 2.24) is 10.1 Å².